The van der Waals surface area contributed by atoms with Crippen LogP contribution in [0.1, 0.15) is 24.2 Å². The fourth-order valence-electron chi connectivity index (χ4n) is 2.15. The van der Waals surface area contributed by atoms with Crippen molar-refractivity contribution in [3.63, 3.8) is 0 Å². The molecule has 1 unspecified atom stereocenters. The molecule has 0 saturated carbocycles. The van der Waals surface area contributed by atoms with Gasteiger partial charge in [0.1, 0.15) is 5.75 Å². The number of aromatic amines is 1. The number of halogens is 1. The van der Waals surface area contributed by atoms with Crippen LogP contribution in [0.25, 0.3) is 10.9 Å². The Bertz CT molecular complexity index is 531. The number of nitrogens with one attached hydrogen (secondary N) is 1. The van der Waals surface area contributed by atoms with Crippen LogP contribution in [0.3, 0.4) is 0 Å². The number of nitrogens with two attached hydrogens (primary N) is 1. The fourth-order valence-corrected chi connectivity index (χ4v) is 2.39. The Morgan fingerprint density at radius 1 is 1.44 bits per heavy atom. The molecular weight excluding hydrogens is 224 g/mol. The van der Waals surface area contributed by atoms with Crippen LogP contribution in [0.15, 0.2) is 12.1 Å². The molecule has 1 heterocycles. The lowest BCUT2D eigenvalue weighted by molar-refractivity contribution is 0.419. The van der Waals surface area contributed by atoms with Gasteiger partial charge in [0.25, 0.3) is 0 Å². The van der Waals surface area contributed by atoms with E-state index >= 15 is 0 Å². The molecule has 0 saturated heterocycles. The fraction of sp³-hybridized carbons (Fsp3) is 0.333. The average Bonchev–Trinajstić information content (AvgIpc) is 2.54. The summed E-state index contributed by atoms with van der Waals surface area (Å²) < 4.78 is 5.35. The second kappa shape index (κ2) is 4.00. The van der Waals surface area contributed by atoms with Crippen molar-refractivity contribution < 1.29 is 4.74 Å². The van der Waals surface area contributed by atoms with Crippen molar-refractivity contribution in [2.24, 2.45) is 5.73 Å². The summed E-state index contributed by atoms with van der Waals surface area (Å²) >= 11 is 6.11. The lowest BCUT2D eigenvalue weighted by Gasteiger charge is -2.09. The molecule has 1 aromatic carbocycles. The highest BCUT2D eigenvalue weighted by Crippen LogP contribution is 2.38. The van der Waals surface area contributed by atoms with Gasteiger partial charge in [0, 0.05) is 28.2 Å². The maximum absolute atomic E-state index is 6.11. The summed E-state index contributed by atoms with van der Waals surface area (Å²) in [7, 11) is 1.62. The molecule has 0 radical (unpaired) electrons. The number of H-pyrrole nitrogens is 1. The molecular formula is C12H15ClN2O. The zero-order valence-electron chi connectivity index (χ0n) is 9.60. The van der Waals surface area contributed by atoms with E-state index in [2.05, 4.69) is 4.98 Å². The number of aromatic nitrogens is 1. The summed E-state index contributed by atoms with van der Waals surface area (Å²) in [5, 5.41) is 1.60. The minimum Gasteiger partial charge on any atom is -0.494 e. The third-order valence-corrected chi connectivity index (χ3v) is 3.06. The third-order valence-electron chi connectivity index (χ3n) is 2.76. The standard InChI is InChI=1S/C12H15ClN2O/c1-6(14)10-7(2)15-9-5-4-8(13)12(16-3)11(9)10/h4-6,15H,14H2,1-3H3. The number of fused-ring (bicyclic) bond motifs is 1. The molecule has 3 nitrogen and oxygen atoms in total. The Kier molecular flexibility index (Phi) is 2.82. The maximum atomic E-state index is 6.11. The van der Waals surface area contributed by atoms with Crippen LogP contribution in [0, 0.1) is 6.92 Å². The molecule has 86 valence electrons. The molecule has 0 bridgehead atoms. The van der Waals surface area contributed by atoms with E-state index < -0.39 is 0 Å². The summed E-state index contributed by atoms with van der Waals surface area (Å²) in [5.41, 5.74) is 9.11. The number of ether oxygens (including phenoxy) is 1. The topological polar surface area (TPSA) is 51.0 Å². The van der Waals surface area contributed by atoms with Gasteiger partial charge in [0.15, 0.2) is 0 Å². The Morgan fingerprint density at radius 3 is 2.69 bits per heavy atom. The van der Waals surface area contributed by atoms with E-state index in [1.165, 1.54) is 0 Å². The number of hydrogen-bond donors (Lipinski definition) is 2. The highest BCUT2D eigenvalue weighted by molar-refractivity contribution is 6.33. The molecule has 0 aliphatic rings. The van der Waals surface area contributed by atoms with Gasteiger partial charge in [0.2, 0.25) is 0 Å². The van der Waals surface area contributed by atoms with Gasteiger partial charge in [-0.05, 0) is 26.0 Å². The van der Waals surface area contributed by atoms with Gasteiger partial charge in [0.05, 0.1) is 12.1 Å². The summed E-state index contributed by atoms with van der Waals surface area (Å²) in [6.45, 7) is 3.96. The molecule has 0 spiro atoms. The number of benzene rings is 1. The Balaban J connectivity index is 2.88. The Labute approximate surface area is 99.5 Å². The van der Waals surface area contributed by atoms with Crippen LogP contribution in [0.5, 0.6) is 5.75 Å². The predicted octanol–water partition coefficient (Wildman–Crippen LogP) is 3.16. The SMILES string of the molecule is COc1c(Cl)ccc2[nH]c(C)c(C(C)N)c12. The number of aryl methyl sites for hydroxylation is 1. The van der Waals surface area contributed by atoms with Crippen molar-refractivity contribution in [1.29, 1.82) is 0 Å². The highest BCUT2D eigenvalue weighted by Gasteiger charge is 2.17. The van der Waals surface area contributed by atoms with Gasteiger partial charge in [-0.25, -0.2) is 0 Å². The lowest BCUT2D eigenvalue weighted by atomic mass is 10.0. The van der Waals surface area contributed by atoms with Crippen LogP contribution >= 0.6 is 11.6 Å². The minimum atomic E-state index is -0.0545. The predicted molar refractivity (Wildman–Crippen MR) is 67.2 cm³/mol. The summed E-state index contributed by atoms with van der Waals surface area (Å²) in [4.78, 5) is 3.29. The first kappa shape index (κ1) is 11.3. The van der Waals surface area contributed by atoms with Crippen LogP contribution in [0.2, 0.25) is 5.02 Å². The van der Waals surface area contributed by atoms with Gasteiger partial charge < -0.3 is 15.5 Å². The smallest absolute Gasteiger partial charge is 0.147 e. The first-order chi connectivity index (χ1) is 7.56. The van der Waals surface area contributed by atoms with Crippen LogP contribution < -0.4 is 10.5 Å². The first-order valence-electron chi connectivity index (χ1n) is 5.16. The van der Waals surface area contributed by atoms with E-state index in [9.17, 15) is 0 Å². The normalized spacial score (nSPS) is 13.1. The van der Waals surface area contributed by atoms with E-state index in [0.717, 1.165) is 22.2 Å². The molecule has 0 amide bonds. The third kappa shape index (κ3) is 1.56. The van der Waals surface area contributed by atoms with Crippen molar-refractivity contribution in [2.75, 3.05) is 7.11 Å². The Hall–Kier alpha value is -1.19. The van der Waals surface area contributed by atoms with Crippen molar-refractivity contribution >= 4 is 22.5 Å². The van der Waals surface area contributed by atoms with Gasteiger partial charge >= 0.3 is 0 Å². The van der Waals surface area contributed by atoms with E-state index in [1.807, 2.05) is 26.0 Å². The monoisotopic (exact) mass is 238 g/mol. The second-order valence-electron chi connectivity index (χ2n) is 3.96. The molecule has 0 aliphatic carbocycles. The van der Waals surface area contributed by atoms with Crippen LogP contribution in [0.4, 0.5) is 0 Å². The number of hydrogen-bond acceptors (Lipinski definition) is 2. The molecule has 1 aromatic heterocycles. The van der Waals surface area contributed by atoms with Gasteiger partial charge in [-0.3, -0.25) is 0 Å². The van der Waals surface area contributed by atoms with Gasteiger partial charge in [-0.1, -0.05) is 11.6 Å². The quantitative estimate of drug-likeness (QED) is 0.845. The zero-order chi connectivity index (χ0) is 11.9. The summed E-state index contributed by atoms with van der Waals surface area (Å²) in [6.07, 6.45) is 0. The van der Waals surface area contributed by atoms with E-state index in [0.29, 0.717) is 10.8 Å². The molecule has 2 aromatic rings. The van der Waals surface area contributed by atoms with Crippen LogP contribution in [-0.2, 0) is 0 Å². The largest absolute Gasteiger partial charge is 0.494 e. The van der Waals surface area contributed by atoms with E-state index in [1.54, 1.807) is 7.11 Å². The molecule has 0 fully saturated rings. The van der Waals surface area contributed by atoms with Crippen molar-refractivity contribution in [1.82, 2.24) is 4.98 Å². The highest BCUT2D eigenvalue weighted by atomic mass is 35.5. The number of methoxy groups -OCH3 is 1. The van der Waals surface area contributed by atoms with Crippen molar-refractivity contribution in [2.45, 2.75) is 19.9 Å². The molecule has 0 aliphatic heterocycles. The molecule has 2 rings (SSSR count). The second-order valence-corrected chi connectivity index (χ2v) is 4.36. The van der Waals surface area contributed by atoms with Crippen molar-refractivity contribution in [3.8, 4) is 5.75 Å². The molecule has 3 N–H and O–H groups in total. The average molecular weight is 239 g/mol. The van der Waals surface area contributed by atoms with Crippen molar-refractivity contribution in [3.05, 3.63) is 28.4 Å². The summed E-state index contributed by atoms with van der Waals surface area (Å²) in [5.74, 6) is 0.691. The van der Waals surface area contributed by atoms with Gasteiger partial charge in [-0.15, -0.1) is 0 Å². The molecule has 16 heavy (non-hydrogen) atoms. The molecule has 4 heteroatoms. The summed E-state index contributed by atoms with van der Waals surface area (Å²) in [6, 6.07) is 3.71. The van der Waals surface area contributed by atoms with Crippen LogP contribution in [-0.4, -0.2) is 12.1 Å². The Morgan fingerprint density at radius 2 is 2.12 bits per heavy atom. The maximum Gasteiger partial charge on any atom is 0.147 e. The number of rotatable bonds is 2. The molecule has 1 atom stereocenters. The van der Waals surface area contributed by atoms with Gasteiger partial charge in [-0.2, -0.15) is 0 Å². The lowest BCUT2D eigenvalue weighted by Crippen LogP contribution is -2.06. The zero-order valence-corrected chi connectivity index (χ0v) is 10.4. The first-order valence-corrected chi connectivity index (χ1v) is 5.54. The minimum absolute atomic E-state index is 0.0545. The van der Waals surface area contributed by atoms with E-state index in [-0.39, 0.29) is 6.04 Å². The van der Waals surface area contributed by atoms with E-state index in [4.69, 9.17) is 22.1 Å².